The van der Waals surface area contributed by atoms with E-state index >= 15 is 0 Å². The zero-order valence-corrected chi connectivity index (χ0v) is 6.83. The first kappa shape index (κ1) is 8.30. The van der Waals surface area contributed by atoms with Gasteiger partial charge in [0.25, 0.3) is 0 Å². The van der Waals surface area contributed by atoms with Gasteiger partial charge in [-0.15, -0.1) is 0 Å². The van der Waals surface area contributed by atoms with Crippen molar-refractivity contribution in [3.8, 4) is 0 Å². The van der Waals surface area contributed by atoms with Gasteiger partial charge in [0.15, 0.2) is 5.79 Å². The monoisotopic (exact) mass is 155 g/mol. The second kappa shape index (κ2) is 3.07. The Balaban J connectivity index is 2.71. The number of methoxy groups -OCH3 is 2. The molecule has 0 aromatic rings. The van der Waals surface area contributed by atoms with Gasteiger partial charge in [0.1, 0.15) is 0 Å². The maximum atomic E-state index is 5.53. The van der Waals surface area contributed by atoms with Crippen LogP contribution < -0.4 is 5.73 Å². The zero-order valence-electron chi connectivity index (χ0n) is 6.83. The number of ether oxygens (including phenoxy) is 2. The quantitative estimate of drug-likeness (QED) is 0.599. The minimum atomic E-state index is -0.594. The van der Waals surface area contributed by atoms with Crippen LogP contribution in [0.2, 0.25) is 0 Å². The fourth-order valence-electron chi connectivity index (χ4n) is 1.01. The first-order valence-corrected chi connectivity index (χ1v) is 3.47. The van der Waals surface area contributed by atoms with E-state index in [9.17, 15) is 0 Å². The van der Waals surface area contributed by atoms with Gasteiger partial charge in [0, 0.05) is 26.3 Å². The average molecular weight is 155 g/mol. The SMILES string of the molecule is COC1(OC)C=CC(N)=CC1. The largest absolute Gasteiger partial charge is 0.399 e. The summed E-state index contributed by atoms with van der Waals surface area (Å²) in [5.41, 5.74) is 6.29. The van der Waals surface area contributed by atoms with Crippen molar-refractivity contribution in [2.45, 2.75) is 12.2 Å². The van der Waals surface area contributed by atoms with Crippen molar-refractivity contribution in [3.63, 3.8) is 0 Å². The Kier molecular flexibility index (Phi) is 2.31. The van der Waals surface area contributed by atoms with E-state index in [0.717, 1.165) is 5.70 Å². The smallest absolute Gasteiger partial charge is 0.191 e. The van der Waals surface area contributed by atoms with Crippen LogP contribution in [0, 0.1) is 0 Å². The number of hydrogen-bond donors (Lipinski definition) is 1. The first-order valence-electron chi connectivity index (χ1n) is 3.47. The molecule has 0 aliphatic heterocycles. The summed E-state index contributed by atoms with van der Waals surface area (Å²) < 4.78 is 10.3. The molecule has 1 aliphatic rings. The van der Waals surface area contributed by atoms with Crippen molar-refractivity contribution in [2.75, 3.05) is 14.2 Å². The molecule has 0 aromatic carbocycles. The Bertz CT molecular complexity index is 192. The van der Waals surface area contributed by atoms with Gasteiger partial charge in [-0.1, -0.05) is 6.08 Å². The predicted molar refractivity (Wildman–Crippen MR) is 42.8 cm³/mol. The lowest BCUT2D eigenvalue weighted by atomic mass is 10.1. The maximum Gasteiger partial charge on any atom is 0.191 e. The number of rotatable bonds is 2. The minimum Gasteiger partial charge on any atom is -0.399 e. The molecule has 0 atom stereocenters. The van der Waals surface area contributed by atoms with Crippen LogP contribution in [0.25, 0.3) is 0 Å². The Morgan fingerprint density at radius 2 is 2.09 bits per heavy atom. The van der Waals surface area contributed by atoms with Crippen LogP contribution in [0.5, 0.6) is 0 Å². The van der Waals surface area contributed by atoms with E-state index in [2.05, 4.69) is 0 Å². The number of allylic oxidation sites excluding steroid dienone is 1. The molecule has 1 aliphatic carbocycles. The van der Waals surface area contributed by atoms with E-state index in [0.29, 0.717) is 6.42 Å². The summed E-state index contributed by atoms with van der Waals surface area (Å²) in [6.45, 7) is 0. The molecule has 0 fully saturated rings. The normalized spacial score (nSPS) is 21.5. The van der Waals surface area contributed by atoms with Crippen LogP contribution in [0.1, 0.15) is 6.42 Å². The number of hydrogen-bond acceptors (Lipinski definition) is 3. The summed E-state index contributed by atoms with van der Waals surface area (Å²) in [5.74, 6) is -0.594. The van der Waals surface area contributed by atoms with E-state index in [4.69, 9.17) is 15.2 Å². The van der Waals surface area contributed by atoms with Gasteiger partial charge in [0.05, 0.1) is 0 Å². The predicted octanol–water partition coefficient (Wildman–Crippen LogP) is 0.778. The average Bonchev–Trinajstić information content (AvgIpc) is 2.07. The van der Waals surface area contributed by atoms with Crippen LogP contribution >= 0.6 is 0 Å². The molecule has 0 saturated carbocycles. The summed E-state index contributed by atoms with van der Waals surface area (Å²) in [7, 11) is 3.23. The molecule has 3 heteroatoms. The van der Waals surface area contributed by atoms with Crippen molar-refractivity contribution < 1.29 is 9.47 Å². The lowest BCUT2D eigenvalue weighted by molar-refractivity contribution is -0.167. The molecule has 0 unspecified atom stereocenters. The molecular weight excluding hydrogens is 142 g/mol. The van der Waals surface area contributed by atoms with E-state index < -0.39 is 5.79 Å². The third-order valence-corrected chi connectivity index (χ3v) is 1.84. The molecular formula is C8H13NO2. The first-order chi connectivity index (χ1) is 5.22. The highest BCUT2D eigenvalue weighted by atomic mass is 16.7. The van der Waals surface area contributed by atoms with Crippen LogP contribution in [0.3, 0.4) is 0 Å². The van der Waals surface area contributed by atoms with Crippen LogP contribution in [0.4, 0.5) is 0 Å². The Morgan fingerprint density at radius 3 is 2.45 bits per heavy atom. The van der Waals surface area contributed by atoms with E-state index in [-0.39, 0.29) is 0 Å². The van der Waals surface area contributed by atoms with E-state index in [1.54, 1.807) is 20.3 Å². The molecule has 0 saturated heterocycles. The van der Waals surface area contributed by atoms with Gasteiger partial charge >= 0.3 is 0 Å². The molecule has 2 N–H and O–H groups in total. The van der Waals surface area contributed by atoms with Crippen LogP contribution in [-0.2, 0) is 9.47 Å². The molecule has 3 nitrogen and oxygen atoms in total. The summed E-state index contributed by atoms with van der Waals surface area (Å²) in [6, 6.07) is 0. The Hall–Kier alpha value is -0.800. The highest BCUT2D eigenvalue weighted by Crippen LogP contribution is 2.23. The number of nitrogens with two attached hydrogens (primary N) is 1. The van der Waals surface area contributed by atoms with Crippen LogP contribution in [0.15, 0.2) is 23.9 Å². The third kappa shape index (κ3) is 1.61. The molecule has 0 bridgehead atoms. The molecule has 0 amide bonds. The van der Waals surface area contributed by atoms with Crippen molar-refractivity contribution >= 4 is 0 Å². The highest BCUT2D eigenvalue weighted by molar-refractivity contribution is 5.23. The lowest BCUT2D eigenvalue weighted by Gasteiger charge is -2.28. The molecule has 0 spiro atoms. The topological polar surface area (TPSA) is 44.5 Å². The van der Waals surface area contributed by atoms with Gasteiger partial charge in [-0.05, 0) is 12.2 Å². The standard InChI is InChI=1S/C8H13NO2/c1-10-8(11-2)5-3-7(9)4-6-8/h3-5H,6,9H2,1-2H3. The zero-order chi connectivity index (χ0) is 8.32. The van der Waals surface area contributed by atoms with Gasteiger partial charge < -0.3 is 15.2 Å². The van der Waals surface area contributed by atoms with Gasteiger partial charge in [-0.2, -0.15) is 0 Å². The second-order valence-corrected chi connectivity index (χ2v) is 2.46. The molecule has 0 radical (unpaired) electrons. The van der Waals surface area contributed by atoms with Crippen molar-refractivity contribution in [1.29, 1.82) is 0 Å². The fourth-order valence-corrected chi connectivity index (χ4v) is 1.01. The molecule has 1 rings (SSSR count). The van der Waals surface area contributed by atoms with Gasteiger partial charge in [-0.3, -0.25) is 0 Å². The van der Waals surface area contributed by atoms with Crippen molar-refractivity contribution in [2.24, 2.45) is 5.73 Å². The van der Waals surface area contributed by atoms with Gasteiger partial charge in [0.2, 0.25) is 0 Å². The Labute approximate surface area is 66.5 Å². The molecule has 62 valence electrons. The summed E-state index contributed by atoms with van der Waals surface area (Å²) in [5, 5.41) is 0. The van der Waals surface area contributed by atoms with Crippen LogP contribution in [-0.4, -0.2) is 20.0 Å². The van der Waals surface area contributed by atoms with Crippen molar-refractivity contribution in [3.05, 3.63) is 23.9 Å². The lowest BCUT2D eigenvalue weighted by Crippen LogP contribution is -2.32. The molecule has 11 heavy (non-hydrogen) atoms. The summed E-state index contributed by atoms with van der Waals surface area (Å²) in [4.78, 5) is 0. The highest BCUT2D eigenvalue weighted by Gasteiger charge is 2.26. The second-order valence-electron chi connectivity index (χ2n) is 2.46. The Morgan fingerprint density at radius 1 is 1.45 bits per heavy atom. The molecule has 0 heterocycles. The third-order valence-electron chi connectivity index (χ3n) is 1.84. The summed E-state index contributed by atoms with van der Waals surface area (Å²) >= 11 is 0. The van der Waals surface area contributed by atoms with E-state index in [1.807, 2.05) is 12.2 Å². The van der Waals surface area contributed by atoms with Gasteiger partial charge in [-0.25, -0.2) is 0 Å². The van der Waals surface area contributed by atoms with Crippen molar-refractivity contribution in [1.82, 2.24) is 0 Å². The fraction of sp³-hybridized carbons (Fsp3) is 0.500. The molecule has 0 aromatic heterocycles. The summed E-state index contributed by atoms with van der Waals surface area (Å²) in [6.07, 6.45) is 6.16. The minimum absolute atomic E-state index is 0.594. The van der Waals surface area contributed by atoms with E-state index in [1.165, 1.54) is 0 Å². The maximum absolute atomic E-state index is 5.53.